The lowest BCUT2D eigenvalue weighted by Crippen LogP contribution is -2.64. The van der Waals surface area contributed by atoms with Crippen molar-refractivity contribution in [2.75, 3.05) is 41.3 Å². The maximum absolute atomic E-state index is 14.9. The van der Waals surface area contributed by atoms with Crippen LogP contribution in [0.2, 0.25) is 0 Å². The topological polar surface area (TPSA) is 104 Å². The molecule has 2 aliphatic carbocycles. The molecule has 4 atom stereocenters. The first-order chi connectivity index (χ1) is 22.5. The van der Waals surface area contributed by atoms with Crippen LogP contribution in [0.3, 0.4) is 0 Å². The summed E-state index contributed by atoms with van der Waals surface area (Å²) in [7, 11) is 2.69. The van der Waals surface area contributed by atoms with E-state index >= 15 is 0 Å². The van der Waals surface area contributed by atoms with Crippen LogP contribution in [0.15, 0.2) is 36.4 Å². The molecule has 6 aliphatic rings. The fraction of sp³-hybridized carbons (Fsp3) is 0.556. The van der Waals surface area contributed by atoms with Gasteiger partial charge in [-0.15, -0.1) is 0 Å². The first-order valence-electron chi connectivity index (χ1n) is 17.1. The van der Waals surface area contributed by atoms with Crippen LogP contribution in [0.5, 0.6) is 5.75 Å². The number of likely N-dealkylation sites (N-methyl/N-ethyl adjacent to an activating group) is 1. The van der Waals surface area contributed by atoms with Gasteiger partial charge in [-0.3, -0.25) is 14.5 Å². The Morgan fingerprint density at radius 2 is 1.74 bits per heavy atom. The summed E-state index contributed by atoms with van der Waals surface area (Å²) in [5.41, 5.74) is 5.32. The first-order valence-corrected chi connectivity index (χ1v) is 18.6. The molecule has 10 nitrogen and oxygen atoms in total. The lowest BCUT2D eigenvalue weighted by atomic mass is 9.81. The summed E-state index contributed by atoms with van der Waals surface area (Å²) in [5, 5.41) is 1.08. The number of benzene rings is 2. The average molecular weight is 660 g/mol. The van der Waals surface area contributed by atoms with E-state index in [-0.39, 0.29) is 23.4 Å². The van der Waals surface area contributed by atoms with Gasteiger partial charge in [0.15, 0.2) is 0 Å². The Morgan fingerprint density at radius 3 is 2.43 bits per heavy atom. The van der Waals surface area contributed by atoms with Crippen molar-refractivity contribution in [1.82, 2.24) is 23.4 Å². The third kappa shape index (κ3) is 4.83. The standard InChI is InChI=1S/C36H45N5O5S/c1-38(2)47(44,45)37-34(42)23-10-14-28-31(16-23)41-21-36(35(43)40-20-24-11-12-25(40)19-39(24)3)18-30(36)29-17-26(46-4)13-15-27(29)33(41)32(28)22-8-6-5-7-9-22/h10,13-17,22,24-25,30H,5-9,11-12,18-21H2,1-4H3,(H,37,42). The minimum atomic E-state index is -3.96. The van der Waals surface area contributed by atoms with E-state index in [9.17, 15) is 18.0 Å². The van der Waals surface area contributed by atoms with Gasteiger partial charge in [-0.25, -0.2) is 4.72 Å². The number of fused-ring (bicyclic) bond motifs is 10. The molecule has 1 N–H and O–H groups in total. The lowest BCUT2D eigenvalue weighted by Gasteiger charge is -2.51. The van der Waals surface area contributed by atoms with E-state index in [1.165, 1.54) is 44.5 Å². The number of aromatic nitrogens is 1. The highest BCUT2D eigenvalue weighted by Gasteiger charge is 2.65. The highest BCUT2D eigenvalue weighted by molar-refractivity contribution is 7.87. The molecule has 2 aromatic carbocycles. The first kappa shape index (κ1) is 30.9. The van der Waals surface area contributed by atoms with E-state index in [2.05, 4.69) is 38.3 Å². The molecule has 1 aromatic heterocycles. The molecule has 3 saturated heterocycles. The molecular weight excluding hydrogens is 614 g/mol. The van der Waals surface area contributed by atoms with Crippen molar-refractivity contribution in [2.45, 2.75) is 81.8 Å². The molecule has 2 amide bonds. The van der Waals surface area contributed by atoms with Crippen molar-refractivity contribution >= 4 is 32.9 Å². The van der Waals surface area contributed by atoms with Crippen molar-refractivity contribution in [3.63, 3.8) is 0 Å². The minimum absolute atomic E-state index is 0.0733. The van der Waals surface area contributed by atoms with Crippen molar-refractivity contribution in [3.05, 3.63) is 53.1 Å². The molecule has 47 heavy (non-hydrogen) atoms. The number of rotatable bonds is 6. The number of nitrogens with zero attached hydrogens (tertiary/aromatic N) is 4. The minimum Gasteiger partial charge on any atom is -0.497 e. The molecule has 0 radical (unpaired) electrons. The van der Waals surface area contributed by atoms with Crippen LogP contribution < -0.4 is 9.46 Å². The predicted molar refractivity (Wildman–Crippen MR) is 181 cm³/mol. The summed E-state index contributed by atoms with van der Waals surface area (Å²) in [6.45, 7) is 2.22. The quantitative estimate of drug-likeness (QED) is 0.412. The molecular formula is C36H45N5O5S. The van der Waals surface area contributed by atoms with Gasteiger partial charge in [0.05, 0.1) is 18.2 Å². The highest BCUT2D eigenvalue weighted by Crippen LogP contribution is 2.66. The zero-order valence-electron chi connectivity index (χ0n) is 27.8. The van der Waals surface area contributed by atoms with Gasteiger partial charge < -0.3 is 14.2 Å². The number of ether oxygens (including phenoxy) is 1. The second kappa shape index (κ2) is 11.1. The van der Waals surface area contributed by atoms with Gasteiger partial charge in [0.25, 0.3) is 5.91 Å². The number of hydrogen-bond donors (Lipinski definition) is 1. The van der Waals surface area contributed by atoms with Crippen LogP contribution in [0.25, 0.3) is 22.2 Å². The normalized spacial score (nSPS) is 27.3. The number of hydrogen-bond acceptors (Lipinski definition) is 6. The molecule has 5 heterocycles. The van der Waals surface area contributed by atoms with Gasteiger partial charge in [0.1, 0.15) is 5.75 Å². The van der Waals surface area contributed by atoms with E-state index < -0.39 is 21.5 Å². The Balaban J connectivity index is 1.31. The van der Waals surface area contributed by atoms with E-state index in [0.717, 1.165) is 77.4 Å². The molecule has 5 fully saturated rings. The van der Waals surface area contributed by atoms with E-state index in [4.69, 9.17) is 4.74 Å². The Hall–Kier alpha value is -3.41. The van der Waals surface area contributed by atoms with Crippen molar-refractivity contribution in [2.24, 2.45) is 5.41 Å². The summed E-state index contributed by atoms with van der Waals surface area (Å²) in [5.74, 6) is 0.807. The largest absolute Gasteiger partial charge is 0.497 e. The predicted octanol–water partition coefficient (Wildman–Crippen LogP) is 4.69. The fourth-order valence-electron chi connectivity index (χ4n) is 9.26. The van der Waals surface area contributed by atoms with E-state index in [1.54, 1.807) is 13.2 Å². The monoisotopic (exact) mass is 659 g/mol. The average Bonchev–Trinajstić information content (AvgIpc) is 3.74. The summed E-state index contributed by atoms with van der Waals surface area (Å²) in [6.07, 6.45) is 8.72. The van der Waals surface area contributed by atoms with Crippen LogP contribution in [-0.2, 0) is 21.5 Å². The molecule has 9 rings (SSSR count). The number of piperazine rings is 1. The van der Waals surface area contributed by atoms with Crippen molar-refractivity contribution < 1.29 is 22.7 Å². The summed E-state index contributed by atoms with van der Waals surface area (Å²) < 4.78 is 36.4. The summed E-state index contributed by atoms with van der Waals surface area (Å²) >= 11 is 0. The fourth-order valence-corrected chi connectivity index (χ4v) is 9.80. The number of methoxy groups -OCH3 is 1. The third-order valence-electron chi connectivity index (χ3n) is 12.0. The number of carbonyl (C=O) groups excluding carboxylic acids is 2. The van der Waals surface area contributed by atoms with Gasteiger partial charge in [0.2, 0.25) is 5.91 Å². The van der Waals surface area contributed by atoms with Crippen LogP contribution in [-0.4, -0.2) is 92.3 Å². The summed E-state index contributed by atoms with van der Waals surface area (Å²) in [4.78, 5) is 32.9. The molecule has 2 saturated carbocycles. The number of carbonyl (C=O) groups is 2. The number of nitrogens with one attached hydrogen (secondary N) is 1. The Kier molecular flexibility index (Phi) is 7.27. The van der Waals surface area contributed by atoms with Gasteiger partial charge in [-0.1, -0.05) is 25.3 Å². The molecule has 4 aliphatic heterocycles. The number of amides is 2. The van der Waals surface area contributed by atoms with E-state index in [0.29, 0.717) is 18.5 Å². The van der Waals surface area contributed by atoms with Gasteiger partial charge in [0, 0.05) is 73.8 Å². The van der Waals surface area contributed by atoms with Crippen molar-refractivity contribution in [3.8, 4) is 17.0 Å². The van der Waals surface area contributed by atoms with E-state index in [1.807, 2.05) is 18.2 Å². The SMILES string of the molecule is COc1ccc2c(c1)C1CC1(C(=O)N1CC3CCC1CN3C)Cn1c-2c(C2CCCCC2)c2ccc(C(=O)NS(=O)(=O)N(C)C)cc21. The molecule has 2 bridgehead atoms. The van der Waals surface area contributed by atoms with Gasteiger partial charge in [-0.05, 0) is 86.5 Å². The Morgan fingerprint density at radius 1 is 0.979 bits per heavy atom. The molecule has 4 unspecified atom stereocenters. The van der Waals surface area contributed by atoms with Crippen LogP contribution in [0, 0.1) is 5.41 Å². The van der Waals surface area contributed by atoms with Crippen LogP contribution in [0.1, 0.15) is 84.7 Å². The second-order valence-electron chi connectivity index (χ2n) is 14.8. The molecule has 3 aromatic rings. The number of piperidine rings is 2. The molecule has 11 heteroatoms. The van der Waals surface area contributed by atoms with Crippen LogP contribution >= 0.6 is 0 Å². The lowest BCUT2D eigenvalue weighted by molar-refractivity contribution is -0.147. The maximum atomic E-state index is 14.9. The zero-order chi connectivity index (χ0) is 32.8. The smallest absolute Gasteiger partial charge is 0.303 e. The molecule has 250 valence electrons. The van der Waals surface area contributed by atoms with Crippen molar-refractivity contribution in [1.29, 1.82) is 0 Å². The maximum Gasteiger partial charge on any atom is 0.303 e. The van der Waals surface area contributed by atoms with Crippen LogP contribution in [0.4, 0.5) is 0 Å². The second-order valence-corrected chi connectivity index (χ2v) is 16.7. The zero-order valence-corrected chi connectivity index (χ0v) is 28.6. The van der Waals surface area contributed by atoms with Gasteiger partial charge >= 0.3 is 10.2 Å². The highest BCUT2D eigenvalue weighted by atomic mass is 32.2. The molecule has 0 spiro atoms. The third-order valence-corrected chi connectivity index (χ3v) is 13.4. The summed E-state index contributed by atoms with van der Waals surface area (Å²) in [6, 6.07) is 12.5. The Bertz CT molecular complexity index is 1900. The Labute approximate surface area is 277 Å². The van der Waals surface area contributed by atoms with Gasteiger partial charge in [-0.2, -0.15) is 12.7 Å².